The molecule has 2 atom stereocenters. The van der Waals surface area contributed by atoms with E-state index in [1.165, 1.54) is 0 Å². The second-order valence-corrected chi connectivity index (χ2v) is 8.36. The number of carbonyl (C=O) groups is 1. The summed E-state index contributed by atoms with van der Waals surface area (Å²) in [5, 5.41) is 0. The maximum atomic E-state index is 12.6. The highest BCUT2D eigenvalue weighted by Crippen LogP contribution is 2.26. The number of nitrogens with two attached hydrogens (primary N) is 1. The molecule has 1 aromatic carbocycles. The molecule has 3 N–H and O–H groups in total. The summed E-state index contributed by atoms with van der Waals surface area (Å²) in [6, 6.07) is 6.47. The predicted octanol–water partition coefficient (Wildman–Crippen LogP) is 2.03. The van der Waals surface area contributed by atoms with Gasteiger partial charge in [-0.25, -0.2) is 13.1 Å². The van der Waals surface area contributed by atoms with E-state index < -0.39 is 10.0 Å². The summed E-state index contributed by atoms with van der Waals surface area (Å²) in [6.45, 7) is 1.20. The maximum Gasteiger partial charge on any atom is 0.240 e. The van der Waals surface area contributed by atoms with Crippen molar-refractivity contribution in [3.05, 3.63) is 24.3 Å². The lowest BCUT2D eigenvalue weighted by Gasteiger charge is -2.31. The number of benzene rings is 1. The van der Waals surface area contributed by atoms with Crippen LogP contribution in [0.15, 0.2) is 29.2 Å². The number of rotatable bonds is 5. The largest absolute Gasteiger partial charge is 0.330 e. The third-order valence-corrected chi connectivity index (χ3v) is 6.56. The molecule has 25 heavy (non-hydrogen) atoms. The van der Waals surface area contributed by atoms with Gasteiger partial charge in [-0.15, -0.1) is 12.4 Å². The van der Waals surface area contributed by atoms with Crippen LogP contribution >= 0.6 is 12.4 Å². The molecule has 1 saturated carbocycles. The van der Waals surface area contributed by atoms with Crippen molar-refractivity contribution in [1.82, 2.24) is 4.72 Å². The van der Waals surface area contributed by atoms with Crippen LogP contribution in [0.2, 0.25) is 0 Å². The van der Waals surface area contributed by atoms with Crippen molar-refractivity contribution in [2.24, 2.45) is 11.7 Å². The first-order valence-electron chi connectivity index (χ1n) is 8.64. The van der Waals surface area contributed by atoms with Crippen LogP contribution in [0.25, 0.3) is 0 Å². The van der Waals surface area contributed by atoms with Crippen molar-refractivity contribution >= 4 is 34.0 Å². The van der Waals surface area contributed by atoms with Gasteiger partial charge >= 0.3 is 0 Å². The fourth-order valence-electron chi connectivity index (χ4n) is 3.64. The van der Waals surface area contributed by atoms with E-state index in [2.05, 4.69) is 4.72 Å². The van der Waals surface area contributed by atoms with Crippen molar-refractivity contribution in [2.45, 2.75) is 49.5 Å². The Morgan fingerprint density at radius 2 is 1.80 bits per heavy atom. The smallest absolute Gasteiger partial charge is 0.240 e. The molecule has 2 aliphatic rings. The molecule has 1 amide bonds. The van der Waals surface area contributed by atoms with Crippen LogP contribution in [-0.2, 0) is 14.8 Å². The quantitative estimate of drug-likeness (QED) is 0.808. The van der Waals surface area contributed by atoms with Crippen LogP contribution in [0.1, 0.15) is 38.5 Å². The lowest BCUT2D eigenvalue weighted by atomic mass is 9.85. The van der Waals surface area contributed by atoms with E-state index in [9.17, 15) is 13.2 Å². The summed E-state index contributed by atoms with van der Waals surface area (Å²) in [7, 11) is -3.57. The minimum Gasteiger partial charge on any atom is -0.330 e. The van der Waals surface area contributed by atoms with Crippen LogP contribution in [0, 0.1) is 5.92 Å². The zero-order valence-corrected chi connectivity index (χ0v) is 15.8. The summed E-state index contributed by atoms with van der Waals surface area (Å²) >= 11 is 0. The number of carbonyl (C=O) groups excluding carboxylic acids is 1. The third-order valence-electron chi connectivity index (χ3n) is 5.05. The average Bonchev–Trinajstić information content (AvgIpc) is 3.01. The van der Waals surface area contributed by atoms with Crippen molar-refractivity contribution < 1.29 is 13.2 Å². The minimum absolute atomic E-state index is 0. The van der Waals surface area contributed by atoms with Gasteiger partial charge in [-0.1, -0.05) is 12.8 Å². The van der Waals surface area contributed by atoms with E-state index in [1.54, 1.807) is 29.2 Å². The second-order valence-electron chi connectivity index (χ2n) is 6.65. The lowest BCUT2D eigenvalue weighted by molar-refractivity contribution is -0.117. The predicted molar refractivity (Wildman–Crippen MR) is 100 cm³/mol. The molecule has 0 radical (unpaired) electrons. The first kappa shape index (κ1) is 20.2. The molecular formula is C17H26ClN3O3S. The average molecular weight is 388 g/mol. The molecule has 1 saturated heterocycles. The van der Waals surface area contributed by atoms with Crippen LogP contribution in [0.3, 0.4) is 0 Å². The van der Waals surface area contributed by atoms with Gasteiger partial charge in [0.05, 0.1) is 4.90 Å². The van der Waals surface area contributed by atoms with Gasteiger partial charge in [0.2, 0.25) is 15.9 Å². The number of anilines is 1. The van der Waals surface area contributed by atoms with Gasteiger partial charge in [0.15, 0.2) is 0 Å². The molecule has 8 heteroatoms. The number of halogens is 1. The van der Waals surface area contributed by atoms with Gasteiger partial charge in [0.1, 0.15) is 0 Å². The Morgan fingerprint density at radius 3 is 2.40 bits per heavy atom. The summed E-state index contributed by atoms with van der Waals surface area (Å²) in [5.41, 5.74) is 6.54. The molecule has 1 aliphatic carbocycles. The summed E-state index contributed by atoms with van der Waals surface area (Å²) in [4.78, 5) is 13.7. The van der Waals surface area contributed by atoms with Crippen molar-refractivity contribution in [2.75, 3.05) is 18.0 Å². The Labute approximate surface area is 155 Å². The number of hydrogen-bond donors (Lipinski definition) is 2. The number of nitrogens with one attached hydrogen (secondary N) is 1. The van der Waals surface area contributed by atoms with E-state index in [4.69, 9.17) is 5.73 Å². The molecule has 2 fully saturated rings. The zero-order chi connectivity index (χ0) is 17.2. The Hall–Kier alpha value is -1.15. The molecule has 1 heterocycles. The van der Waals surface area contributed by atoms with E-state index in [-0.39, 0.29) is 35.2 Å². The summed E-state index contributed by atoms with van der Waals surface area (Å²) < 4.78 is 28.1. The van der Waals surface area contributed by atoms with Crippen molar-refractivity contribution in [3.8, 4) is 0 Å². The van der Waals surface area contributed by atoms with E-state index in [0.29, 0.717) is 19.5 Å². The van der Waals surface area contributed by atoms with Crippen LogP contribution < -0.4 is 15.4 Å². The van der Waals surface area contributed by atoms with E-state index in [1.807, 2.05) is 0 Å². The van der Waals surface area contributed by atoms with E-state index >= 15 is 0 Å². The Bertz CT molecular complexity index is 694. The highest BCUT2D eigenvalue weighted by atomic mass is 35.5. The second kappa shape index (κ2) is 8.49. The molecule has 6 nitrogen and oxygen atoms in total. The first-order chi connectivity index (χ1) is 11.5. The zero-order valence-electron chi connectivity index (χ0n) is 14.2. The van der Waals surface area contributed by atoms with E-state index in [0.717, 1.165) is 37.8 Å². The first-order valence-corrected chi connectivity index (χ1v) is 10.1. The molecule has 2 unspecified atom stereocenters. The van der Waals surface area contributed by atoms with Gasteiger partial charge in [0, 0.05) is 24.7 Å². The fourth-order valence-corrected chi connectivity index (χ4v) is 4.98. The Kier molecular flexibility index (Phi) is 6.85. The molecule has 0 spiro atoms. The number of hydrogen-bond acceptors (Lipinski definition) is 4. The molecule has 3 rings (SSSR count). The fraction of sp³-hybridized carbons (Fsp3) is 0.588. The number of sulfonamides is 1. The molecule has 1 aromatic rings. The highest BCUT2D eigenvalue weighted by molar-refractivity contribution is 7.89. The van der Waals surface area contributed by atoms with Gasteiger partial charge in [-0.2, -0.15) is 0 Å². The highest BCUT2D eigenvalue weighted by Gasteiger charge is 2.29. The molecule has 140 valence electrons. The van der Waals surface area contributed by atoms with Gasteiger partial charge in [-0.05, 0) is 56.0 Å². The van der Waals surface area contributed by atoms with Crippen LogP contribution in [0.4, 0.5) is 5.69 Å². The lowest BCUT2D eigenvalue weighted by Crippen LogP contribution is -2.44. The number of amides is 1. The normalized spacial score (nSPS) is 24.2. The summed E-state index contributed by atoms with van der Waals surface area (Å²) in [6.07, 6.45) is 5.35. The minimum atomic E-state index is -3.57. The molecule has 0 aromatic heterocycles. The monoisotopic (exact) mass is 387 g/mol. The third kappa shape index (κ3) is 4.53. The molecular weight excluding hydrogens is 362 g/mol. The van der Waals surface area contributed by atoms with Gasteiger partial charge in [-0.3, -0.25) is 4.79 Å². The molecule has 0 bridgehead atoms. The maximum absolute atomic E-state index is 12.6. The Balaban J connectivity index is 0.00000225. The van der Waals surface area contributed by atoms with Gasteiger partial charge < -0.3 is 10.6 Å². The standard InChI is InChI=1S/C17H25N3O3S.ClH/c18-12-13-4-1-2-5-16(13)19-24(22,23)15-9-7-14(8-10-15)20-11-3-6-17(20)21;/h7-10,13,16,19H,1-6,11-12,18H2;1H. The Morgan fingerprint density at radius 1 is 1.12 bits per heavy atom. The summed E-state index contributed by atoms with van der Waals surface area (Å²) in [5.74, 6) is 0.298. The SMILES string of the molecule is Cl.NCC1CCCCC1NS(=O)(=O)c1ccc(N2CCCC2=O)cc1. The van der Waals surface area contributed by atoms with Crippen LogP contribution in [0.5, 0.6) is 0 Å². The van der Waals surface area contributed by atoms with Crippen molar-refractivity contribution in [3.63, 3.8) is 0 Å². The van der Waals surface area contributed by atoms with Crippen molar-refractivity contribution in [1.29, 1.82) is 0 Å². The van der Waals surface area contributed by atoms with Crippen LogP contribution in [-0.4, -0.2) is 33.5 Å². The number of nitrogens with zero attached hydrogens (tertiary/aromatic N) is 1. The van der Waals surface area contributed by atoms with Gasteiger partial charge in [0.25, 0.3) is 0 Å². The molecule has 1 aliphatic heterocycles. The topological polar surface area (TPSA) is 92.5 Å².